The van der Waals surface area contributed by atoms with Crippen LogP contribution in [0.25, 0.3) is 5.65 Å². The Morgan fingerprint density at radius 1 is 1.47 bits per heavy atom. The van der Waals surface area contributed by atoms with Crippen molar-refractivity contribution in [3.63, 3.8) is 0 Å². The number of nitrogens with zero attached hydrogens (tertiary/aromatic N) is 2. The molecule has 0 saturated heterocycles. The maximum Gasteiger partial charge on any atom is 0.138 e. The summed E-state index contributed by atoms with van der Waals surface area (Å²) in [7, 11) is 0. The highest BCUT2D eigenvalue weighted by Crippen LogP contribution is 2.49. The van der Waals surface area contributed by atoms with E-state index < -0.39 is 0 Å². The minimum atomic E-state index is 0.318. The average Bonchev–Trinajstić information content (AvgIpc) is 2.84. The molecule has 2 aromatic heterocycles. The lowest BCUT2D eigenvalue weighted by Gasteiger charge is -2.03. The minimum Gasteiger partial charge on any atom is -0.294 e. The molecule has 2 heterocycles. The number of aryl methyl sites for hydroxylation is 1. The van der Waals surface area contributed by atoms with Crippen LogP contribution in [-0.2, 0) is 5.41 Å². The second kappa shape index (κ2) is 2.85. The van der Waals surface area contributed by atoms with E-state index in [0.717, 1.165) is 10.3 Å². The van der Waals surface area contributed by atoms with Crippen molar-refractivity contribution >= 4 is 21.6 Å². The van der Waals surface area contributed by atoms with E-state index in [4.69, 9.17) is 4.98 Å². The van der Waals surface area contributed by atoms with Gasteiger partial charge < -0.3 is 0 Å². The first-order valence-corrected chi connectivity index (χ1v) is 6.04. The number of hydrogen-bond acceptors (Lipinski definition) is 1. The van der Waals surface area contributed by atoms with Gasteiger partial charge in [-0.05, 0) is 53.4 Å². The maximum atomic E-state index is 4.72. The van der Waals surface area contributed by atoms with Crippen molar-refractivity contribution < 1.29 is 0 Å². The maximum absolute atomic E-state index is 4.72. The summed E-state index contributed by atoms with van der Waals surface area (Å²) in [5.41, 5.74) is 3.84. The zero-order valence-electron chi connectivity index (χ0n) is 8.92. The van der Waals surface area contributed by atoms with E-state index in [1.807, 2.05) is 0 Å². The van der Waals surface area contributed by atoms with Crippen LogP contribution in [-0.4, -0.2) is 9.38 Å². The standard InChI is InChI=1S/C12H13BrN2/c1-8-3-6-15-9(7-8)14-10(11(15)13)12(2)4-5-12/h3,6-7H,4-5H2,1-2H3. The third-order valence-electron chi connectivity index (χ3n) is 3.30. The second-order valence-corrected chi connectivity index (χ2v) is 5.50. The van der Waals surface area contributed by atoms with Gasteiger partial charge in [0, 0.05) is 11.6 Å². The van der Waals surface area contributed by atoms with Crippen LogP contribution in [0.3, 0.4) is 0 Å². The van der Waals surface area contributed by atoms with E-state index in [1.165, 1.54) is 24.1 Å². The monoisotopic (exact) mass is 264 g/mol. The summed E-state index contributed by atoms with van der Waals surface area (Å²) in [6.45, 7) is 4.38. The van der Waals surface area contributed by atoms with E-state index in [9.17, 15) is 0 Å². The predicted molar refractivity (Wildman–Crippen MR) is 64.2 cm³/mol. The summed E-state index contributed by atoms with van der Waals surface area (Å²) in [5, 5.41) is 0. The highest BCUT2D eigenvalue weighted by molar-refractivity contribution is 9.10. The Morgan fingerprint density at radius 3 is 2.87 bits per heavy atom. The lowest BCUT2D eigenvalue weighted by molar-refractivity contribution is 0.752. The number of hydrogen-bond donors (Lipinski definition) is 0. The number of fused-ring (bicyclic) bond motifs is 1. The van der Waals surface area contributed by atoms with Crippen molar-refractivity contribution in [2.75, 3.05) is 0 Å². The first-order chi connectivity index (χ1) is 7.10. The Hall–Kier alpha value is -0.830. The van der Waals surface area contributed by atoms with Crippen LogP contribution in [0.5, 0.6) is 0 Å². The fourth-order valence-corrected chi connectivity index (χ4v) is 2.79. The molecular formula is C12H13BrN2. The molecule has 0 unspecified atom stereocenters. The highest BCUT2D eigenvalue weighted by atomic mass is 79.9. The predicted octanol–water partition coefficient (Wildman–Crippen LogP) is 3.46. The Morgan fingerprint density at radius 2 is 2.20 bits per heavy atom. The molecule has 0 N–H and O–H groups in total. The Labute approximate surface area is 97.5 Å². The SMILES string of the molecule is Cc1ccn2c(Br)c(C3(C)CC3)nc2c1. The zero-order valence-corrected chi connectivity index (χ0v) is 10.5. The first-order valence-electron chi connectivity index (χ1n) is 5.25. The van der Waals surface area contributed by atoms with Crippen molar-refractivity contribution in [3.05, 3.63) is 34.2 Å². The number of aromatic nitrogens is 2. The van der Waals surface area contributed by atoms with Crippen molar-refractivity contribution in [2.45, 2.75) is 32.1 Å². The van der Waals surface area contributed by atoms with Gasteiger partial charge in [-0.3, -0.25) is 4.40 Å². The molecule has 3 rings (SSSR count). The summed E-state index contributed by atoms with van der Waals surface area (Å²) >= 11 is 3.65. The topological polar surface area (TPSA) is 17.3 Å². The molecule has 78 valence electrons. The Kier molecular flexibility index (Phi) is 1.78. The number of halogens is 1. The fraction of sp³-hybridized carbons (Fsp3) is 0.417. The van der Waals surface area contributed by atoms with E-state index in [2.05, 4.69) is 52.5 Å². The summed E-state index contributed by atoms with van der Waals surface area (Å²) < 4.78 is 3.24. The average molecular weight is 265 g/mol. The summed E-state index contributed by atoms with van der Waals surface area (Å²) in [4.78, 5) is 4.72. The van der Waals surface area contributed by atoms with Gasteiger partial charge in [-0.25, -0.2) is 4.98 Å². The van der Waals surface area contributed by atoms with E-state index in [0.29, 0.717) is 5.41 Å². The quantitative estimate of drug-likeness (QED) is 0.771. The smallest absolute Gasteiger partial charge is 0.138 e. The van der Waals surface area contributed by atoms with E-state index in [1.54, 1.807) is 0 Å². The van der Waals surface area contributed by atoms with Crippen molar-refractivity contribution in [1.29, 1.82) is 0 Å². The molecule has 0 spiro atoms. The number of rotatable bonds is 1. The summed E-state index contributed by atoms with van der Waals surface area (Å²) in [5.74, 6) is 0. The molecule has 0 atom stereocenters. The van der Waals surface area contributed by atoms with Crippen LogP contribution in [0, 0.1) is 6.92 Å². The molecule has 0 radical (unpaired) electrons. The van der Waals surface area contributed by atoms with Gasteiger partial charge in [0.05, 0.1) is 5.69 Å². The lowest BCUT2D eigenvalue weighted by atomic mass is 10.1. The minimum absolute atomic E-state index is 0.318. The third kappa shape index (κ3) is 1.33. The van der Waals surface area contributed by atoms with Crippen molar-refractivity contribution in [2.24, 2.45) is 0 Å². The van der Waals surface area contributed by atoms with Gasteiger partial charge in [0.15, 0.2) is 0 Å². The second-order valence-electron chi connectivity index (χ2n) is 4.74. The molecule has 1 aliphatic carbocycles. The molecular weight excluding hydrogens is 252 g/mol. The molecule has 2 aromatic rings. The Balaban J connectivity index is 2.29. The molecule has 1 aliphatic rings. The summed E-state index contributed by atoms with van der Waals surface area (Å²) in [6.07, 6.45) is 4.60. The summed E-state index contributed by atoms with van der Waals surface area (Å²) in [6, 6.07) is 4.23. The van der Waals surface area contributed by atoms with Gasteiger partial charge >= 0.3 is 0 Å². The number of pyridine rings is 1. The van der Waals surface area contributed by atoms with Gasteiger partial charge in [0.1, 0.15) is 10.3 Å². The third-order valence-corrected chi connectivity index (χ3v) is 4.05. The molecule has 1 fully saturated rings. The van der Waals surface area contributed by atoms with Crippen LogP contribution in [0.2, 0.25) is 0 Å². The number of imidazole rings is 1. The van der Waals surface area contributed by atoms with Gasteiger partial charge in [-0.1, -0.05) is 6.92 Å². The zero-order chi connectivity index (χ0) is 10.6. The molecule has 2 nitrogen and oxygen atoms in total. The molecule has 0 aliphatic heterocycles. The largest absolute Gasteiger partial charge is 0.294 e. The molecule has 3 heteroatoms. The molecule has 0 amide bonds. The highest BCUT2D eigenvalue weighted by Gasteiger charge is 2.43. The lowest BCUT2D eigenvalue weighted by Crippen LogP contribution is -2.00. The first kappa shape index (κ1) is 9.40. The van der Waals surface area contributed by atoms with Gasteiger partial charge in [-0.2, -0.15) is 0 Å². The molecule has 0 bridgehead atoms. The molecule has 1 saturated carbocycles. The van der Waals surface area contributed by atoms with Gasteiger partial charge in [0.25, 0.3) is 0 Å². The van der Waals surface area contributed by atoms with Crippen LogP contribution >= 0.6 is 15.9 Å². The van der Waals surface area contributed by atoms with Crippen molar-refractivity contribution in [1.82, 2.24) is 9.38 Å². The van der Waals surface area contributed by atoms with Gasteiger partial charge in [-0.15, -0.1) is 0 Å². The van der Waals surface area contributed by atoms with Crippen LogP contribution in [0.4, 0.5) is 0 Å². The fourth-order valence-electron chi connectivity index (χ4n) is 1.92. The van der Waals surface area contributed by atoms with Crippen LogP contribution < -0.4 is 0 Å². The molecule has 0 aromatic carbocycles. The van der Waals surface area contributed by atoms with Crippen LogP contribution in [0.1, 0.15) is 31.0 Å². The molecule has 15 heavy (non-hydrogen) atoms. The van der Waals surface area contributed by atoms with E-state index >= 15 is 0 Å². The normalized spacial score (nSPS) is 18.3. The van der Waals surface area contributed by atoms with Crippen molar-refractivity contribution in [3.8, 4) is 0 Å². The van der Waals surface area contributed by atoms with E-state index in [-0.39, 0.29) is 0 Å². The Bertz CT molecular complexity index is 538. The van der Waals surface area contributed by atoms with Crippen LogP contribution in [0.15, 0.2) is 22.9 Å². The van der Waals surface area contributed by atoms with Gasteiger partial charge in [0.2, 0.25) is 0 Å².